The molecule has 1 aliphatic rings. The minimum Gasteiger partial charge on any atom is -0.495 e. The maximum Gasteiger partial charge on any atom is 0.255 e. The van der Waals surface area contributed by atoms with Gasteiger partial charge in [0.2, 0.25) is 0 Å². The molecule has 0 atom stereocenters. The molecule has 0 aliphatic carbocycles. The number of hydrogen-bond acceptors (Lipinski definition) is 5. The van der Waals surface area contributed by atoms with Crippen molar-refractivity contribution in [2.45, 2.75) is 0 Å². The van der Waals surface area contributed by atoms with Gasteiger partial charge in [-0.25, -0.2) is 0 Å². The summed E-state index contributed by atoms with van der Waals surface area (Å²) >= 11 is 0. The molecule has 0 unspecified atom stereocenters. The van der Waals surface area contributed by atoms with E-state index in [4.69, 9.17) is 4.74 Å². The third-order valence-corrected chi connectivity index (χ3v) is 5.11. The van der Waals surface area contributed by atoms with Gasteiger partial charge >= 0.3 is 0 Å². The Balaban J connectivity index is 1.50. The van der Waals surface area contributed by atoms with Gasteiger partial charge in [-0.15, -0.1) is 0 Å². The van der Waals surface area contributed by atoms with Crippen molar-refractivity contribution in [2.24, 2.45) is 0 Å². The molecule has 1 fully saturated rings. The monoisotopic (exact) mass is 382 g/mol. The van der Waals surface area contributed by atoms with Crippen LogP contribution in [-0.4, -0.2) is 76.2 Å². The third kappa shape index (κ3) is 4.75. The Bertz CT molecular complexity index is 786. The number of anilines is 2. The summed E-state index contributed by atoms with van der Waals surface area (Å²) in [5, 5.41) is 3.43. The number of rotatable bonds is 7. The van der Waals surface area contributed by atoms with Crippen molar-refractivity contribution >= 4 is 17.3 Å². The Morgan fingerprint density at radius 1 is 1.04 bits per heavy atom. The smallest absolute Gasteiger partial charge is 0.255 e. The van der Waals surface area contributed by atoms with Crippen LogP contribution in [0, 0.1) is 0 Å². The lowest BCUT2D eigenvalue weighted by Crippen LogP contribution is -2.47. The Hall–Kier alpha value is -2.73. The SMILES string of the molecule is COc1ccccc1N1CCN(CCNc2ccccc2C(=O)N(C)C)CC1. The standard InChI is InChI=1S/C22H30N4O2/c1-24(2)22(27)18-8-4-5-9-19(18)23-12-13-25-14-16-26(17-15-25)20-10-6-7-11-21(20)28-3/h4-11,23H,12-17H2,1-3H3. The van der Waals surface area contributed by atoms with Gasteiger partial charge < -0.3 is 19.9 Å². The molecular weight excluding hydrogens is 352 g/mol. The van der Waals surface area contributed by atoms with Crippen LogP contribution in [0.2, 0.25) is 0 Å². The minimum atomic E-state index is 0.0218. The van der Waals surface area contributed by atoms with Crippen LogP contribution < -0.4 is 15.0 Å². The first-order chi connectivity index (χ1) is 13.6. The summed E-state index contributed by atoms with van der Waals surface area (Å²) in [6, 6.07) is 15.9. The van der Waals surface area contributed by atoms with Crippen LogP contribution in [-0.2, 0) is 0 Å². The largest absolute Gasteiger partial charge is 0.495 e. The highest BCUT2D eigenvalue weighted by atomic mass is 16.5. The molecule has 2 aromatic rings. The van der Waals surface area contributed by atoms with Crippen molar-refractivity contribution in [3.63, 3.8) is 0 Å². The fraction of sp³-hybridized carbons (Fsp3) is 0.409. The lowest BCUT2D eigenvalue weighted by atomic mass is 10.1. The highest BCUT2D eigenvalue weighted by molar-refractivity contribution is 5.99. The molecule has 1 aliphatic heterocycles. The zero-order chi connectivity index (χ0) is 19.9. The van der Waals surface area contributed by atoms with Gasteiger partial charge in [0.15, 0.2) is 0 Å². The molecule has 1 N–H and O–H groups in total. The predicted octanol–water partition coefficient (Wildman–Crippen LogP) is 2.63. The van der Waals surface area contributed by atoms with Crippen LogP contribution in [0.3, 0.4) is 0 Å². The van der Waals surface area contributed by atoms with E-state index in [9.17, 15) is 4.79 Å². The van der Waals surface area contributed by atoms with Gasteiger partial charge in [0.25, 0.3) is 5.91 Å². The molecule has 1 saturated heterocycles. The molecule has 0 aromatic heterocycles. The van der Waals surface area contributed by atoms with Crippen molar-refractivity contribution in [3.05, 3.63) is 54.1 Å². The minimum absolute atomic E-state index is 0.0218. The number of carbonyl (C=O) groups is 1. The molecule has 1 amide bonds. The number of nitrogens with one attached hydrogen (secondary N) is 1. The quantitative estimate of drug-likeness (QED) is 0.798. The number of methoxy groups -OCH3 is 1. The highest BCUT2D eigenvalue weighted by Gasteiger charge is 2.19. The molecule has 0 saturated carbocycles. The fourth-order valence-corrected chi connectivity index (χ4v) is 3.52. The van der Waals surface area contributed by atoms with E-state index in [2.05, 4.69) is 27.2 Å². The number of para-hydroxylation sites is 3. The van der Waals surface area contributed by atoms with Crippen molar-refractivity contribution in [1.29, 1.82) is 0 Å². The predicted molar refractivity (Wildman–Crippen MR) is 115 cm³/mol. The first-order valence-electron chi connectivity index (χ1n) is 9.75. The molecule has 6 nitrogen and oxygen atoms in total. The number of carbonyl (C=O) groups excluding carboxylic acids is 1. The van der Waals surface area contributed by atoms with Crippen LogP contribution in [0.4, 0.5) is 11.4 Å². The average Bonchev–Trinajstić information content (AvgIpc) is 2.74. The molecule has 28 heavy (non-hydrogen) atoms. The number of hydrogen-bond donors (Lipinski definition) is 1. The normalized spacial score (nSPS) is 14.6. The van der Waals surface area contributed by atoms with Gasteiger partial charge in [0, 0.05) is 59.1 Å². The molecular formula is C22H30N4O2. The number of amides is 1. The molecule has 0 radical (unpaired) electrons. The summed E-state index contributed by atoms with van der Waals surface area (Å²) in [6.07, 6.45) is 0. The van der Waals surface area contributed by atoms with E-state index in [1.54, 1.807) is 26.1 Å². The maximum absolute atomic E-state index is 12.3. The van der Waals surface area contributed by atoms with Gasteiger partial charge in [-0.1, -0.05) is 24.3 Å². The van der Waals surface area contributed by atoms with E-state index in [1.807, 2.05) is 36.4 Å². The zero-order valence-electron chi connectivity index (χ0n) is 17.0. The first-order valence-corrected chi connectivity index (χ1v) is 9.75. The van der Waals surface area contributed by atoms with Crippen molar-refractivity contribution < 1.29 is 9.53 Å². The summed E-state index contributed by atoms with van der Waals surface area (Å²) in [5.41, 5.74) is 2.78. The van der Waals surface area contributed by atoms with Crippen LogP contribution >= 0.6 is 0 Å². The van der Waals surface area contributed by atoms with Crippen molar-refractivity contribution in [3.8, 4) is 5.75 Å². The van der Waals surface area contributed by atoms with Gasteiger partial charge in [-0.2, -0.15) is 0 Å². The first kappa shape index (κ1) is 20.0. The zero-order valence-corrected chi connectivity index (χ0v) is 17.0. The number of nitrogens with zero attached hydrogens (tertiary/aromatic N) is 3. The number of benzene rings is 2. The van der Waals surface area contributed by atoms with E-state index in [0.29, 0.717) is 5.56 Å². The Morgan fingerprint density at radius 2 is 1.71 bits per heavy atom. The van der Waals surface area contributed by atoms with Crippen LogP contribution in [0.1, 0.15) is 10.4 Å². The Labute approximate surface area is 167 Å². The van der Waals surface area contributed by atoms with E-state index >= 15 is 0 Å². The van der Waals surface area contributed by atoms with Crippen LogP contribution in [0.25, 0.3) is 0 Å². The second-order valence-corrected chi connectivity index (χ2v) is 7.17. The number of ether oxygens (including phenoxy) is 1. The highest BCUT2D eigenvalue weighted by Crippen LogP contribution is 2.28. The van der Waals surface area contributed by atoms with Crippen LogP contribution in [0.15, 0.2) is 48.5 Å². The third-order valence-electron chi connectivity index (χ3n) is 5.11. The fourth-order valence-electron chi connectivity index (χ4n) is 3.52. The van der Waals surface area contributed by atoms with Crippen molar-refractivity contribution in [1.82, 2.24) is 9.80 Å². The number of piperazine rings is 1. The average molecular weight is 383 g/mol. The van der Waals surface area contributed by atoms with Gasteiger partial charge in [0.1, 0.15) is 5.75 Å². The summed E-state index contributed by atoms with van der Waals surface area (Å²) < 4.78 is 5.49. The summed E-state index contributed by atoms with van der Waals surface area (Å²) in [5.74, 6) is 0.952. The van der Waals surface area contributed by atoms with Gasteiger partial charge in [-0.3, -0.25) is 9.69 Å². The topological polar surface area (TPSA) is 48.1 Å². The summed E-state index contributed by atoms with van der Waals surface area (Å²) in [4.78, 5) is 18.8. The van der Waals surface area contributed by atoms with E-state index in [0.717, 1.165) is 50.7 Å². The van der Waals surface area contributed by atoms with E-state index in [1.165, 1.54) is 5.69 Å². The molecule has 150 valence electrons. The lowest BCUT2D eigenvalue weighted by Gasteiger charge is -2.36. The maximum atomic E-state index is 12.3. The van der Waals surface area contributed by atoms with E-state index < -0.39 is 0 Å². The Morgan fingerprint density at radius 3 is 2.43 bits per heavy atom. The van der Waals surface area contributed by atoms with Gasteiger partial charge in [-0.05, 0) is 24.3 Å². The Kier molecular flexibility index (Phi) is 6.76. The van der Waals surface area contributed by atoms with E-state index in [-0.39, 0.29) is 5.91 Å². The second kappa shape index (κ2) is 9.46. The molecule has 3 rings (SSSR count). The summed E-state index contributed by atoms with van der Waals surface area (Å²) in [6.45, 7) is 5.75. The van der Waals surface area contributed by atoms with Crippen LogP contribution in [0.5, 0.6) is 5.75 Å². The molecule has 0 bridgehead atoms. The molecule has 1 heterocycles. The van der Waals surface area contributed by atoms with Crippen molar-refractivity contribution in [2.75, 3.05) is 70.7 Å². The summed E-state index contributed by atoms with van der Waals surface area (Å²) in [7, 11) is 5.28. The molecule has 0 spiro atoms. The van der Waals surface area contributed by atoms with Gasteiger partial charge in [0.05, 0.1) is 18.4 Å². The molecule has 2 aromatic carbocycles. The molecule has 6 heteroatoms. The second-order valence-electron chi connectivity index (χ2n) is 7.17. The lowest BCUT2D eigenvalue weighted by molar-refractivity contribution is 0.0828.